The normalized spacial score (nSPS) is 27.0. The number of allylic oxidation sites excluding steroid dienone is 6. The van der Waals surface area contributed by atoms with E-state index < -0.39 is 8.07 Å². The van der Waals surface area contributed by atoms with Crippen LogP contribution in [0.25, 0.3) is 27.5 Å². The number of para-hydroxylation sites is 1. The van der Waals surface area contributed by atoms with Gasteiger partial charge in [-0.1, -0.05) is 109 Å². The Hall–Kier alpha value is -3.18. The van der Waals surface area contributed by atoms with Gasteiger partial charge in [0.1, 0.15) is 8.07 Å². The summed E-state index contributed by atoms with van der Waals surface area (Å²) in [6, 6.07) is 28.3. The van der Waals surface area contributed by atoms with Gasteiger partial charge in [-0.25, -0.2) is 0 Å². The number of fused-ring (bicyclic) bond motifs is 3. The lowest BCUT2D eigenvalue weighted by Crippen LogP contribution is -2.73. The molecule has 0 saturated carbocycles. The highest BCUT2D eigenvalue weighted by Gasteiger charge is 2.55. The van der Waals surface area contributed by atoms with Crippen LogP contribution in [0.3, 0.4) is 0 Å². The predicted octanol–water partition coefficient (Wildman–Crippen LogP) is 6.89. The van der Waals surface area contributed by atoms with E-state index in [4.69, 9.17) is 0 Å². The molecule has 0 N–H and O–H groups in total. The van der Waals surface area contributed by atoms with E-state index in [1.165, 1.54) is 33.9 Å². The molecule has 0 spiro atoms. The van der Waals surface area contributed by atoms with Crippen LogP contribution in [-0.4, -0.2) is 55.4 Å². The Morgan fingerprint density at radius 1 is 0.780 bits per heavy atom. The van der Waals surface area contributed by atoms with Crippen LogP contribution in [0.4, 0.5) is 0 Å². The minimum atomic E-state index is -2.40. The Kier molecular flexibility index (Phi) is 6.89. The zero-order valence-electron chi connectivity index (χ0n) is 25.0. The summed E-state index contributed by atoms with van der Waals surface area (Å²) < 4.78 is 2.50. The van der Waals surface area contributed by atoms with Gasteiger partial charge in [-0.2, -0.15) is 0 Å². The van der Waals surface area contributed by atoms with E-state index in [9.17, 15) is 0 Å². The first-order valence-corrected chi connectivity index (χ1v) is 17.7. The van der Waals surface area contributed by atoms with E-state index in [1.54, 1.807) is 10.4 Å². The number of nitrogens with zero attached hydrogens (tertiary/aromatic N) is 3. The summed E-state index contributed by atoms with van der Waals surface area (Å²) >= 11 is 0. The van der Waals surface area contributed by atoms with Crippen LogP contribution in [0.1, 0.15) is 33.1 Å². The summed E-state index contributed by atoms with van der Waals surface area (Å²) in [5, 5.41) is 5.90. The molecular weight excluding hydrogens is 515 g/mol. The minimum Gasteiger partial charge on any atom is -0.310 e. The summed E-state index contributed by atoms with van der Waals surface area (Å²) in [5.41, 5.74) is 4.95. The molecule has 4 unspecified atom stereocenters. The highest BCUT2D eigenvalue weighted by Crippen LogP contribution is 2.44. The fourth-order valence-electron chi connectivity index (χ4n) is 8.36. The van der Waals surface area contributed by atoms with Gasteiger partial charge < -0.3 is 4.57 Å². The van der Waals surface area contributed by atoms with E-state index in [-0.39, 0.29) is 0 Å². The Labute approximate surface area is 246 Å². The largest absolute Gasteiger partial charge is 0.310 e. The average Bonchev–Trinajstić information content (AvgIpc) is 3.52. The average molecular weight is 558 g/mol. The summed E-state index contributed by atoms with van der Waals surface area (Å²) in [4.78, 5) is 5.20. The molecule has 0 amide bonds. The Morgan fingerprint density at radius 3 is 2.32 bits per heavy atom. The quantitative estimate of drug-likeness (QED) is 0.195. The van der Waals surface area contributed by atoms with Crippen molar-refractivity contribution in [3.05, 3.63) is 103 Å². The topological polar surface area (TPSA) is 11.4 Å². The molecule has 7 rings (SSSR count). The summed E-state index contributed by atoms with van der Waals surface area (Å²) in [6.45, 7) is 7.14. The van der Waals surface area contributed by atoms with Gasteiger partial charge in [0.2, 0.25) is 0 Å². The van der Waals surface area contributed by atoms with Crippen molar-refractivity contribution in [1.82, 2.24) is 14.4 Å². The molecule has 4 heteroatoms. The van der Waals surface area contributed by atoms with E-state index >= 15 is 0 Å². The van der Waals surface area contributed by atoms with E-state index in [2.05, 4.69) is 145 Å². The maximum Gasteiger partial charge on any atom is 0.143 e. The van der Waals surface area contributed by atoms with E-state index in [1.807, 2.05) is 0 Å². The third kappa shape index (κ3) is 4.22. The first-order valence-electron chi connectivity index (χ1n) is 15.5. The summed E-state index contributed by atoms with van der Waals surface area (Å²) in [6.07, 6.45) is 15.6. The maximum absolute atomic E-state index is 2.67. The van der Waals surface area contributed by atoms with Gasteiger partial charge in [0.25, 0.3) is 0 Å². The van der Waals surface area contributed by atoms with Crippen LogP contribution >= 0.6 is 0 Å². The smallest absolute Gasteiger partial charge is 0.143 e. The van der Waals surface area contributed by atoms with Crippen LogP contribution in [0.5, 0.6) is 0 Å². The Bertz CT molecular complexity index is 1660. The van der Waals surface area contributed by atoms with Crippen molar-refractivity contribution in [3.8, 4) is 0 Å². The summed E-state index contributed by atoms with van der Waals surface area (Å²) in [5.74, 6) is 1.31. The molecular formula is C37H43N3Si. The van der Waals surface area contributed by atoms with E-state index in [0.29, 0.717) is 23.0 Å². The third-order valence-corrected chi connectivity index (χ3v) is 16.5. The fourth-order valence-corrected chi connectivity index (χ4v) is 15.1. The lowest BCUT2D eigenvalue weighted by atomic mass is 9.85. The molecule has 3 aromatic carbocycles. The number of benzene rings is 3. The third-order valence-electron chi connectivity index (χ3n) is 10.5. The van der Waals surface area contributed by atoms with Gasteiger partial charge in [-0.3, -0.25) is 9.80 Å². The highest BCUT2D eigenvalue weighted by atomic mass is 28.3. The highest BCUT2D eigenvalue weighted by molar-refractivity contribution is 7.05. The van der Waals surface area contributed by atoms with Gasteiger partial charge in [0.05, 0.1) is 17.7 Å². The fraction of sp³-hybridized carbons (Fsp3) is 0.351. The molecule has 3 aliphatic rings. The lowest BCUT2D eigenvalue weighted by molar-refractivity contribution is 0.305. The van der Waals surface area contributed by atoms with Crippen LogP contribution < -0.4 is 10.4 Å². The molecule has 2 heterocycles. The first kappa shape index (κ1) is 26.7. The second-order valence-electron chi connectivity index (χ2n) is 12.9. The van der Waals surface area contributed by atoms with Crippen LogP contribution in [0.2, 0.25) is 5.54 Å². The first-order chi connectivity index (χ1) is 20.0. The van der Waals surface area contributed by atoms with Crippen molar-refractivity contribution in [2.24, 2.45) is 11.8 Å². The molecule has 3 nitrogen and oxygen atoms in total. The van der Waals surface area contributed by atoms with E-state index in [0.717, 1.165) is 26.1 Å². The van der Waals surface area contributed by atoms with Gasteiger partial charge in [0.15, 0.2) is 0 Å². The van der Waals surface area contributed by atoms with Crippen LogP contribution in [0, 0.1) is 11.8 Å². The van der Waals surface area contributed by atoms with Gasteiger partial charge >= 0.3 is 0 Å². The summed E-state index contributed by atoms with van der Waals surface area (Å²) in [7, 11) is 2.27. The number of aromatic nitrogens is 1. The van der Waals surface area contributed by atoms with Crippen molar-refractivity contribution in [2.75, 3.05) is 27.3 Å². The molecule has 5 atom stereocenters. The van der Waals surface area contributed by atoms with Gasteiger partial charge in [-0.15, -0.1) is 0 Å². The van der Waals surface area contributed by atoms with Crippen LogP contribution in [0.15, 0.2) is 103 Å². The van der Waals surface area contributed by atoms with Crippen molar-refractivity contribution in [3.63, 3.8) is 0 Å². The molecule has 210 valence electrons. The van der Waals surface area contributed by atoms with Crippen molar-refractivity contribution in [2.45, 2.75) is 44.3 Å². The molecule has 0 radical (unpaired) electrons. The standard InChI is InChI=1S/C37H43N3Si/c1-27-14-13-21-36(28(27)2)41(30-17-9-6-10-18-30,37-25-38(3)26-39(37)4)31-22-23-35-33(24-31)32-19-11-12-20-34(32)40(35)29-15-7-5-8-16-29/h6-7,9-13,15-24,27-28,36-37H,5,8,14,25-26H2,1-4H3/t27?,28-,36?,37?,41?/m1/s1. The maximum atomic E-state index is 2.67. The second kappa shape index (κ2) is 10.6. The van der Waals surface area contributed by atoms with Crippen LogP contribution in [-0.2, 0) is 0 Å². The van der Waals surface area contributed by atoms with Crippen molar-refractivity contribution < 1.29 is 0 Å². The zero-order valence-corrected chi connectivity index (χ0v) is 26.0. The molecule has 1 fully saturated rings. The molecule has 41 heavy (non-hydrogen) atoms. The molecule has 1 aliphatic heterocycles. The monoisotopic (exact) mass is 557 g/mol. The number of hydrogen-bond donors (Lipinski definition) is 0. The predicted molar refractivity (Wildman–Crippen MR) is 178 cm³/mol. The number of hydrogen-bond acceptors (Lipinski definition) is 2. The van der Waals surface area contributed by atoms with Gasteiger partial charge in [0, 0.05) is 28.7 Å². The zero-order chi connectivity index (χ0) is 28.1. The molecule has 0 bridgehead atoms. The number of rotatable bonds is 5. The minimum absolute atomic E-state index is 0.493. The lowest BCUT2D eigenvalue weighted by Gasteiger charge is -2.49. The van der Waals surface area contributed by atoms with Gasteiger partial charge in [-0.05, 0) is 68.9 Å². The van der Waals surface area contributed by atoms with Crippen molar-refractivity contribution in [1.29, 1.82) is 0 Å². The SMILES string of the molecule is CC1CC=CC([Si](c2ccccc2)(c2ccc3c(c2)c2ccccc2n3C2=CCCC=C2)C2CN(C)CN2C)[C@@H]1C. The Morgan fingerprint density at radius 2 is 1.56 bits per heavy atom. The molecule has 2 aliphatic carbocycles. The number of likely N-dealkylation sites (N-methyl/N-ethyl adjacent to an activating group) is 2. The molecule has 1 aromatic heterocycles. The molecule has 1 saturated heterocycles. The molecule has 4 aromatic rings. The Balaban J connectivity index is 1.55. The van der Waals surface area contributed by atoms with Crippen molar-refractivity contribution >= 4 is 46.0 Å². The second-order valence-corrected chi connectivity index (χ2v) is 17.1.